The number of rotatable bonds is 6. The lowest BCUT2D eigenvalue weighted by atomic mass is 9.98. The molecule has 0 radical (unpaired) electrons. The molecular formula is C26H33Cl2N3O3. The zero-order valence-corrected chi connectivity index (χ0v) is 21.4. The second-order valence-electron chi connectivity index (χ2n) is 9.21. The lowest BCUT2D eigenvalue weighted by molar-refractivity contribution is 0.0599. The molecular weight excluding hydrogens is 473 g/mol. The standard InChI is InChI=1S/C26H33Cl2N3O3/c1-19-15-30(13-14-31(19)21-8-10-22(33-2)11-9-21)26(32)34-18-20-5-4-12-29(16-20)17-23-24(27)6-3-7-25(23)28/h3,6-11,19-20H,4-5,12-18H2,1-2H3. The molecule has 0 spiro atoms. The number of likely N-dealkylation sites (tertiary alicyclic amines) is 1. The molecule has 0 aromatic heterocycles. The summed E-state index contributed by atoms with van der Waals surface area (Å²) in [6.45, 7) is 7.24. The zero-order valence-electron chi connectivity index (χ0n) is 19.9. The third-order valence-electron chi connectivity index (χ3n) is 6.78. The average molecular weight is 506 g/mol. The summed E-state index contributed by atoms with van der Waals surface area (Å²) in [6.07, 6.45) is 1.91. The van der Waals surface area contributed by atoms with Crippen LogP contribution in [0.5, 0.6) is 5.75 Å². The molecule has 2 unspecified atom stereocenters. The van der Waals surface area contributed by atoms with Gasteiger partial charge >= 0.3 is 6.09 Å². The Morgan fingerprint density at radius 3 is 2.44 bits per heavy atom. The summed E-state index contributed by atoms with van der Waals surface area (Å²) >= 11 is 12.7. The summed E-state index contributed by atoms with van der Waals surface area (Å²) in [5, 5.41) is 1.40. The van der Waals surface area contributed by atoms with Crippen LogP contribution in [0.2, 0.25) is 10.0 Å². The number of piperidine rings is 1. The topological polar surface area (TPSA) is 45.3 Å². The molecule has 34 heavy (non-hydrogen) atoms. The number of nitrogens with zero attached hydrogens (tertiary/aromatic N) is 3. The van der Waals surface area contributed by atoms with E-state index in [0.717, 1.165) is 49.5 Å². The Morgan fingerprint density at radius 1 is 1.03 bits per heavy atom. The number of methoxy groups -OCH3 is 1. The van der Waals surface area contributed by atoms with Crippen LogP contribution in [0.1, 0.15) is 25.3 Å². The first kappa shape index (κ1) is 25.0. The summed E-state index contributed by atoms with van der Waals surface area (Å²) in [6, 6.07) is 13.9. The van der Waals surface area contributed by atoms with Crippen molar-refractivity contribution in [1.82, 2.24) is 9.80 Å². The van der Waals surface area contributed by atoms with E-state index < -0.39 is 0 Å². The molecule has 2 aliphatic heterocycles. The summed E-state index contributed by atoms with van der Waals surface area (Å²) < 4.78 is 11.0. The van der Waals surface area contributed by atoms with Gasteiger partial charge in [0.15, 0.2) is 0 Å². The van der Waals surface area contributed by atoms with Crippen LogP contribution in [-0.4, -0.2) is 68.4 Å². The highest BCUT2D eigenvalue weighted by Gasteiger charge is 2.29. The van der Waals surface area contributed by atoms with Crippen molar-refractivity contribution in [3.05, 3.63) is 58.1 Å². The summed E-state index contributed by atoms with van der Waals surface area (Å²) in [4.78, 5) is 19.3. The van der Waals surface area contributed by atoms with E-state index in [2.05, 4.69) is 28.9 Å². The van der Waals surface area contributed by atoms with Gasteiger partial charge in [-0.3, -0.25) is 4.90 Å². The molecule has 6 nitrogen and oxygen atoms in total. The minimum atomic E-state index is -0.215. The van der Waals surface area contributed by atoms with Gasteiger partial charge in [-0.25, -0.2) is 4.79 Å². The highest BCUT2D eigenvalue weighted by atomic mass is 35.5. The van der Waals surface area contributed by atoms with Crippen molar-refractivity contribution < 1.29 is 14.3 Å². The van der Waals surface area contributed by atoms with Crippen LogP contribution >= 0.6 is 23.2 Å². The van der Waals surface area contributed by atoms with Crippen LogP contribution < -0.4 is 9.64 Å². The molecule has 8 heteroatoms. The van der Waals surface area contributed by atoms with Gasteiger partial charge < -0.3 is 19.3 Å². The van der Waals surface area contributed by atoms with Gasteiger partial charge in [0.2, 0.25) is 0 Å². The van der Waals surface area contributed by atoms with Gasteiger partial charge in [0.1, 0.15) is 5.75 Å². The maximum absolute atomic E-state index is 12.8. The molecule has 2 fully saturated rings. The van der Waals surface area contributed by atoms with Crippen molar-refractivity contribution in [2.75, 3.05) is 51.3 Å². The molecule has 184 valence electrons. The lowest BCUT2D eigenvalue weighted by Gasteiger charge is -2.41. The Balaban J connectivity index is 1.25. The highest BCUT2D eigenvalue weighted by molar-refractivity contribution is 6.35. The maximum atomic E-state index is 12.8. The third kappa shape index (κ3) is 6.09. The molecule has 4 rings (SSSR count). The third-order valence-corrected chi connectivity index (χ3v) is 7.49. The van der Waals surface area contributed by atoms with Crippen molar-refractivity contribution in [3.63, 3.8) is 0 Å². The van der Waals surface area contributed by atoms with Crippen LogP contribution in [0.25, 0.3) is 0 Å². The number of carbonyl (C=O) groups is 1. The maximum Gasteiger partial charge on any atom is 0.409 e. The number of halogens is 2. The monoisotopic (exact) mass is 505 g/mol. The van der Waals surface area contributed by atoms with Crippen molar-refractivity contribution in [3.8, 4) is 5.75 Å². The van der Waals surface area contributed by atoms with Crippen molar-refractivity contribution in [2.24, 2.45) is 5.92 Å². The van der Waals surface area contributed by atoms with Crippen LogP contribution in [-0.2, 0) is 11.3 Å². The fraction of sp³-hybridized carbons (Fsp3) is 0.500. The van der Waals surface area contributed by atoms with Crippen LogP contribution in [0.3, 0.4) is 0 Å². The van der Waals surface area contributed by atoms with E-state index in [1.807, 2.05) is 35.2 Å². The van der Waals surface area contributed by atoms with Crippen molar-refractivity contribution >= 4 is 35.0 Å². The van der Waals surface area contributed by atoms with Crippen LogP contribution in [0.4, 0.5) is 10.5 Å². The molecule has 2 aromatic carbocycles. The largest absolute Gasteiger partial charge is 0.497 e. The molecule has 0 bridgehead atoms. The quantitative estimate of drug-likeness (QED) is 0.513. The van der Waals surface area contributed by atoms with Gasteiger partial charge in [-0.1, -0.05) is 29.3 Å². The summed E-state index contributed by atoms with van der Waals surface area (Å²) in [7, 11) is 1.67. The van der Waals surface area contributed by atoms with Crippen molar-refractivity contribution in [1.29, 1.82) is 0 Å². The van der Waals surface area contributed by atoms with E-state index >= 15 is 0 Å². The zero-order chi connectivity index (χ0) is 24.1. The Kier molecular flexibility index (Phi) is 8.46. The minimum absolute atomic E-state index is 0.209. The smallest absolute Gasteiger partial charge is 0.409 e. The predicted octanol–water partition coefficient (Wildman–Crippen LogP) is 5.56. The van der Waals surface area contributed by atoms with Crippen molar-refractivity contribution in [2.45, 2.75) is 32.4 Å². The Morgan fingerprint density at radius 2 is 1.76 bits per heavy atom. The Labute approximate surface area is 212 Å². The first-order chi connectivity index (χ1) is 16.4. The second-order valence-corrected chi connectivity index (χ2v) is 10.0. The molecule has 2 saturated heterocycles. The number of carbonyl (C=O) groups excluding carboxylic acids is 1. The van der Waals surface area contributed by atoms with Crippen LogP contribution in [0, 0.1) is 5.92 Å². The molecule has 0 saturated carbocycles. The molecule has 2 atom stereocenters. The molecule has 0 N–H and O–H groups in total. The number of benzene rings is 2. The molecule has 2 aliphatic rings. The van der Waals surface area contributed by atoms with E-state index in [1.54, 1.807) is 7.11 Å². The second kappa shape index (κ2) is 11.5. The van der Waals surface area contributed by atoms with Gasteiger partial charge in [-0.2, -0.15) is 0 Å². The lowest BCUT2D eigenvalue weighted by Crippen LogP contribution is -2.54. The van der Waals surface area contributed by atoms with Gasteiger partial charge in [0.05, 0.1) is 13.7 Å². The molecule has 2 heterocycles. The summed E-state index contributed by atoms with van der Waals surface area (Å²) in [5.41, 5.74) is 2.11. The average Bonchev–Trinajstić information content (AvgIpc) is 2.85. The predicted molar refractivity (Wildman–Crippen MR) is 137 cm³/mol. The number of piperazine rings is 1. The molecule has 2 aromatic rings. The first-order valence-corrected chi connectivity index (χ1v) is 12.7. The normalized spacial score (nSPS) is 21.4. The summed E-state index contributed by atoms with van der Waals surface area (Å²) in [5.74, 6) is 1.16. The van der Waals surface area contributed by atoms with Gasteiger partial charge in [-0.05, 0) is 62.7 Å². The molecule has 1 amide bonds. The number of amides is 1. The highest BCUT2D eigenvalue weighted by Crippen LogP contribution is 2.28. The fourth-order valence-corrected chi connectivity index (χ4v) is 5.42. The van der Waals surface area contributed by atoms with Gasteiger partial charge in [0, 0.05) is 66.0 Å². The SMILES string of the molecule is COc1ccc(N2CCN(C(=O)OCC3CCCN(Cc4c(Cl)cccc4Cl)C3)CC2C)cc1. The Hall–Kier alpha value is -2.15. The van der Waals surface area contributed by atoms with Gasteiger partial charge in [0.25, 0.3) is 0 Å². The first-order valence-electron chi connectivity index (χ1n) is 11.9. The van der Waals surface area contributed by atoms with E-state index in [-0.39, 0.29) is 12.1 Å². The number of hydrogen-bond donors (Lipinski definition) is 0. The minimum Gasteiger partial charge on any atom is -0.497 e. The van der Waals surface area contributed by atoms with E-state index in [4.69, 9.17) is 32.7 Å². The number of anilines is 1. The van der Waals surface area contributed by atoms with Gasteiger partial charge in [-0.15, -0.1) is 0 Å². The fourth-order valence-electron chi connectivity index (χ4n) is 4.90. The number of hydrogen-bond acceptors (Lipinski definition) is 5. The number of ether oxygens (including phenoxy) is 2. The molecule has 0 aliphatic carbocycles. The van der Waals surface area contributed by atoms with Crippen LogP contribution in [0.15, 0.2) is 42.5 Å². The van der Waals surface area contributed by atoms with E-state index in [1.165, 1.54) is 0 Å². The van der Waals surface area contributed by atoms with E-state index in [9.17, 15) is 4.79 Å². The van der Waals surface area contributed by atoms with E-state index in [0.29, 0.717) is 42.2 Å². The Bertz CT molecular complexity index is 952.